The Morgan fingerprint density at radius 3 is 2.28 bits per heavy atom. The summed E-state index contributed by atoms with van der Waals surface area (Å²) in [6, 6.07) is 0.665. The molecule has 0 aromatic carbocycles. The fourth-order valence-electron chi connectivity index (χ4n) is 2.24. The summed E-state index contributed by atoms with van der Waals surface area (Å²) in [5.41, 5.74) is -0.109. The molecule has 0 radical (unpaired) electrons. The molecule has 0 fully saturated rings. The Bertz CT molecular complexity index is 203. The molecule has 0 aliphatic rings. The number of hydrogen-bond acceptors (Lipinski definition) is 3. The van der Waals surface area contributed by atoms with Crippen molar-refractivity contribution >= 4 is 0 Å². The van der Waals surface area contributed by atoms with E-state index >= 15 is 0 Å². The van der Waals surface area contributed by atoms with E-state index in [1.165, 1.54) is 12.8 Å². The predicted molar refractivity (Wildman–Crippen MR) is 79.9 cm³/mol. The van der Waals surface area contributed by atoms with Gasteiger partial charge in [-0.1, -0.05) is 20.3 Å². The lowest BCUT2D eigenvalue weighted by Crippen LogP contribution is -2.43. The second-order valence-corrected chi connectivity index (χ2v) is 6.39. The number of nitrogens with one attached hydrogen (secondary N) is 1. The van der Waals surface area contributed by atoms with E-state index in [-0.39, 0.29) is 12.1 Å². The van der Waals surface area contributed by atoms with Gasteiger partial charge in [0.1, 0.15) is 0 Å². The van der Waals surface area contributed by atoms with Crippen molar-refractivity contribution in [3.63, 3.8) is 0 Å². The molecule has 0 rings (SSSR count). The van der Waals surface area contributed by atoms with Crippen LogP contribution >= 0.6 is 0 Å². The van der Waals surface area contributed by atoms with Gasteiger partial charge in [-0.25, -0.2) is 0 Å². The molecule has 0 heterocycles. The van der Waals surface area contributed by atoms with E-state index < -0.39 is 0 Å². The van der Waals surface area contributed by atoms with Crippen LogP contribution in [0.1, 0.15) is 53.4 Å². The van der Waals surface area contributed by atoms with Crippen molar-refractivity contribution in [1.82, 2.24) is 10.2 Å². The molecule has 0 aromatic rings. The predicted octanol–water partition coefficient (Wildman–Crippen LogP) is 2.49. The van der Waals surface area contributed by atoms with Crippen LogP contribution in [-0.4, -0.2) is 48.8 Å². The van der Waals surface area contributed by atoms with Crippen molar-refractivity contribution in [2.75, 3.05) is 27.2 Å². The van der Waals surface area contributed by atoms with Crippen LogP contribution in [0.15, 0.2) is 0 Å². The van der Waals surface area contributed by atoms with Gasteiger partial charge >= 0.3 is 0 Å². The van der Waals surface area contributed by atoms with E-state index in [4.69, 9.17) is 0 Å². The van der Waals surface area contributed by atoms with Gasteiger partial charge in [0, 0.05) is 11.6 Å². The van der Waals surface area contributed by atoms with Crippen molar-refractivity contribution in [1.29, 1.82) is 0 Å². The number of aliphatic hydroxyl groups is 1. The first kappa shape index (κ1) is 17.9. The molecule has 110 valence electrons. The number of nitrogens with zero attached hydrogens (tertiary/aromatic N) is 1. The maximum Gasteiger partial charge on any atom is 0.0610 e. The fourth-order valence-corrected chi connectivity index (χ4v) is 2.24. The molecule has 18 heavy (non-hydrogen) atoms. The second-order valence-electron chi connectivity index (χ2n) is 6.39. The molecule has 0 amide bonds. The highest BCUT2D eigenvalue weighted by Gasteiger charge is 2.19. The van der Waals surface area contributed by atoms with Gasteiger partial charge in [0.05, 0.1) is 6.61 Å². The number of likely N-dealkylation sites (N-methyl/N-ethyl adjacent to an activating group) is 1. The van der Waals surface area contributed by atoms with Gasteiger partial charge in [0.2, 0.25) is 0 Å². The molecule has 0 bridgehead atoms. The molecule has 0 spiro atoms. The summed E-state index contributed by atoms with van der Waals surface area (Å²) in [5, 5.41) is 12.5. The summed E-state index contributed by atoms with van der Waals surface area (Å²) in [6.45, 7) is 10.3. The summed E-state index contributed by atoms with van der Waals surface area (Å²) in [5.74, 6) is 0.768. The zero-order valence-electron chi connectivity index (χ0n) is 13.3. The summed E-state index contributed by atoms with van der Waals surface area (Å²) >= 11 is 0. The minimum Gasteiger partial charge on any atom is -0.394 e. The third-order valence-corrected chi connectivity index (χ3v) is 4.01. The zero-order chi connectivity index (χ0) is 14.2. The number of unbranched alkanes of at least 4 members (excludes halogenated alkanes) is 1. The van der Waals surface area contributed by atoms with Crippen LogP contribution in [0.3, 0.4) is 0 Å². The van der Waals surface area contributed by atoms with E-state index in [2.05, 4.69) is 45.0 Å². The second kappa shape index (κ2) is 8.89. The Morgan fingerprint density at radius 1 is 1.22 bits per heavy atom. The molecule has 0 saturated heterocycles. The van der Waals surface area contributed by atoms with Crippen molar-refractivity contribution in [3.8, 4) is 0 Å². The molecule has 2 unspecified atom stereocenters. The molecular weight excluding hydrogens is 224 g/mol. The molecule has 0 aromatic heterocycles. The SMILES string of the molecule is CNC(C)(CO)CCCCN(C)C(C)CC(C)C. The molecule has 3 nitrogen and oxygen atoms in total. The first-order chi connectivity index (χ1) is 8.34. The summed E-state index contributed by atoms with van der Waals surface area (Å²) in [7, 11) is 4.14. The van der Waals surface area contributed by atoms with Crippen LogP contribution in [0.25, 0.3) is 0 Å². The number of aliphatic hydroxyl groups excluding tert-OH is 1. The van der Waals surface area contributed by atoms with Crippen LogP contribution in [0.4, 0.5) is 0 Å². The highest BCUT2D eigenvalue weighted by molar-refractivity contribution is 4.80. The number of rotatable bonds is 10. The highest BCUT2D eigenvalue weighted by atomic mass is 16.3. The number of hydrogen-bond donors (Lipinski definition) is 2. The first-order valence-corrected chi connectivity index (χ1v) is 7.34. The van der Waals surface area contributed by atoms with Gasteiger partial charge in [-0.2, -0.15) is 0 Å². The molecule has 2 N–H and O–H groups in total. The third kappa shape index (κ3) is 7.34. The summed E-state index contributed by atoms with van der Waals surface area (Å²) in [6.07, 6.45) is 4.67. The quantitative estimate of drug-likeness (QED) is 0.591. The molecule has 0 saturated carbocycles. The lowest BCUT2D eigenvalue weighted by Gasteiger charge is -2.28. The summed E-state index contributed by atoms with van der Waals surface area (Å²) < 4.78 is 0. The van der Waals surface area contributed by atoms with E-state index in [0.717, 1.165) is 25.3 Å². The van der Waals surface area contributed by atoms with E-state index in [9.17, 15) is 5.11 Å². The molecule has 0 aliphatic carbocycles. The Kier molecular flexibility index (Phi) is 8.83. The van der Waals surface area contributed by atoms with Crippen LogP contribution in [0.5, 0.6) is 0 Å². The largest absolute Gasteiger partial charge is 0.394 e. The van der Waals surface area contributed by atoms with E-state index in [1.54, 1.807) is 0 Å². The van der Waals surface area contributed by atoms with Gasteiger partial charge in [-0.15, -0.1) is 0 Å². The Balaban J connectivity index is 3.77. The van der Waals surface area contributed by atoms with Crippen molar-refractivity contribution in [2.24, 2.45) is 5.92 Å². The maximum absolute atomic E-state index is 9.31. The normalized spacial score (nSPS) is 17.2. The average Bonchev–Trinajstić information content (AvgIpc) is 2.33. The van der Waals surface area contributed by atoms with Gasteiger partial charge < -0.3 is 15.3 Å². The maximum atomic E-state index is 9.31. The average molecular weight is 258 g/mol. The topological polar surface area (TPSA) is 35.5 Å². The van der Waals surface area contributed by atoms with Crippen LogP contribution in [-0.2, 0) is 0 Å². The molecule has 0 aliphatic heterocycles. The van der Waals surface area contributed by atoms with E-state index in [0.29, 0.717) is 6.04 Å². The monoisotopic (exact) mass is 258 g/mol. The van der Waals surface area contributed by atoms with Crippen molar-refractivity contribution < 1.29 is 5.11 Å². The minimum absolute atomic E-state index is 0.109. The Hall–Kier alpha value is -0.120. The minimum atomic E-state index is -0.109. The van der Waals surface area contributed by atoms with E-state index in [1.807, 2.05) is 7.05 Å². The third-order valence-electron chi connectivity index (χ3n) is 4.01. The Labute approximate surface area is 114 Å². The first-order valence-electron chi connectivity index (χ1n) is 7.34. The molecular formula is C15H34N2O. The van der Waals surface area contributed by atoms with Gasteiger partial charge in [0.15, 0.2) is 0 Å². The molecule has 3 heteroatoms. The Morgan fingerprint density at radius 2 is 1.83 bits per heavy atom. The van der Waals surface area contributed by atoms with Gasteiger partial charge in [-0.05, 0) is 59.7 Å². The zero-order valence-corrected chi connectivity index (χ0v) is 13.3. The molecule has 2 atom stereocenters. The van der Waals surface area contributed by atoms with Crippen molar-refractivity contribution in [2.45, 2.75) is 65.0 Å². The fraction of sp³-hybridized carbons (Fsp3) is 1.00. The lowest BCUT2D eigenvalue weighted by molar-refractivity contribution is 0.166. The van der Waals surface area contributed by atoms with Crippen LogP contribution < -0.4 is 5.32 Å². The van der Waals surface area contributed by atoms with Crippen LogP contribution in [0, 0.1) is 5.92 Å². The summed E-state index contributed by atoms with van der Waals surface area (Å²) in [4.78, 5) is 2.45. The van der Waals surface area contributed by atoms with Crippen LogP contribution in [0.2, 0.25) is 0 Å². The smallest absolute Gasteiger partial charge is 0.0610 e. The highest BCUT2D eigenvalue weighted by Crippen LogP contribution is 2.14. The lowest BCUT2D eigenvalue weighted by atomic mass is 9.96. The van der Waals surface area contributed by atoms with Gasteiger partial charge in [0.25, 0.3) is 0 Å². The van der Waals surface area contributed by atoms with Crippen molar-refractivity contribution in [3.05, 3.63) is 0 Å². The van der Waals surface area contributed by atoms with Gasteiger partial charge in [-0.3, -0.25) is 0 Å². The standard InChI is InChI=1S/C15H34N2O/c1-13(2)11-14(3)17(6)10-8-7-9-15(4,12-18)16-5/h13-14,16,18H,7-12H2,1-6H3.